The molecule has 1 amide bonds. The lowest BCUT2D eigenvalue weighted by Crippen LogP contribution is -2.43. The third kappa shape index (κ3) is 6.53. The number of nitrogens with one attached hydrogen (secondary N) is 1. The largest absolute Gasteiger partial charge is 0.356 e. The number of amides is 1. The van der Waals surface area contributed by atoms with Crippen LogP contribution in [-0.2, 0) is 16.8 Å². The van der Waals surface area contributed by atoms with E-state index in [0.717, 1.165) is 44.5 Å². The maximum Gasteiger partial charge on any atom is 0.241 e. The second-order valence-corrected chi connectivity index (χ2v) is 10.6. The number of allylic oxidation sites excluding steroid dienone is 1. The normalized spacial score (nSPS) is 19.8. The first-order valence-corrected chi connectivity index (χ1v) is 12.5. The van der Waals surface area contributed by atoms with E-state index in [9.17, 15) is 4.79 Å². The van der Waals surface area contributed by atoms with Gasteiger partial charge in [0.15, 0.2) is 0 Å². The zero-order valence-electron chi connectivity index (χ0n) is 20.4. The molecule has 0 radical (unpaired) electrons. The van der Waals surface area contributed by atoms with Gasteiger partial charge in [-0.3, -0.25) is 9.69 Å². The number of hydrogen-bond acceptors (Lipinski definition) is 5. The van der Waals surface area contributed by atoms with Gasteiger partial charge in [-0.15, -0.1) is 0 Å². The summed E-state index contributed by atoms with van der Waals surface area (Å²) in [6, 6.07) is 8.37. The summed E-state index contributed by atoms with van der Waals surface area (Å²) in [5, 5.41) is 7.35. The molecule has 1 fully saturated rings. The van der Waals surface area contributed by atoms with Gasteiger partial charge in [-0.25, -0.2) is 0 Å². The summed E-state index contributed by atoms with van der Waals surface area (Å²) in [5.41, 5.74) is 3.86. The fourth-order valence-corrected chi connectivity index (χ4v) is 4.78. The molecule has 33 heavy (non-hydrogen) atoms. The number of carbonyl (C=O) groups is 1. The topological polar surface area (TPSA) is 71.3 Å². The van der Waals surface area contributed by atoms with Crippen molar-refractivity contribution in [3.63, 3.8) is 0 Å². The van der Waals surface area contributed by atoms with Crippen molar-refractivity contribution in [1.82, 2.24) is 20.4 Å². The predicted molar refractivity (Wildman–Crippen MR) is 131 cm³/mol. The highest BCUT2D eigenvalue weighted by molar-refractivity contribution is 5.79. The SMILES string of the molecule is CC(C)(C)c1ccc(-c2noc(CN3CCCC(C(=O)NCCC4=CCCCC4)C3)n2)cc1. The Hall–Kier alpha value is -2.47. The van der Waals surface area contributed by atoms with Crippen LogP contribution in [-0.4, -0.2) is 40.6 Å². The van der Waals surface area contributed by atoms with Crippen LogP contribution in [0.4, 0.5) is 0 Å². The highest BCUT2D eigenvalue weighted by Gasteiger charge is 2.27. The Morgan fingerprint density at radius 1 is 1.18 bits per heavy atom. The minimum absolute atomic E-state index is 0.0337. The fourth-order valence-electron chi connectivity index (χ4n) is 4.78. The van der Waals surface area contributed by atoms with E-state index in [2.05, 4.69) is 71.5 Å². The summed E-state index contributed by atoms with van der Waals surface area (Å²) in [7, 11) is 0. The van der Waals surface area contributed by atoms with Gasteiger partial charge in [-0.1, -0.05) is 61.8 Å². The Kier molecular flexibility index (Phi) is 7.63. The number of benzene rings is 1. The molecule has 6 heteroatoms. The van der Waals surface area contributed by atoms with Crippen LogP contribution in [0.15, 0.2) is 40.4 Å². The zero-order valence-corrected chi connectivity index (χ0v) is 20.4. The molecule has 1 N–H and O–H groups in total. The molecule has 6 nitrogen and oxygen atoms in total. The molecule has 4 rings (SSSR count). The molecular formula is C27H38N4O2. The molecule has 2 aromatic rings. The van der Waals surface area contributed by atoms with Crippen LogP contribution in [0.1, 0.15) is 77.2 Å². The second kappa shape index (κ2) is 10.6. The molecule has 0 spiro atoms. The average Bonchev–Trinajstić information content (AvgIpc) is 3.28. The van der Waals surface area contributed by atoms with Gasteiger partial charge >= 0.3 is 0 Å². The molecule has 1 aromatic heterocycles. The fraction of sp³-hybridized carbons (Fsp3) is 0.593. The van der Waals surface area contributed by atoms with E-state index in [0.29, 0.717) is 18.3 Å². The van der Waals surface area contributed by atoms with E-state index in [4.69, 9.17) is 4.52 Å². The Labute approximate surface area is 197 Å². The van der Waals surface area contributed by atoms with Crippen molar-refractivity contribution >= 4 is 5.91 Å². The lowest BCUT2D eigenvalue weighted by Gasteiger charge is -2.30. The van der Waals surface area contributed by atoms with Crippen molar-refractivity contribution in [2.45, 2.75) is 77.7 Å². The van der Waals surface area contributed by atoms with Crippen molar-refractivity contribution in [3.05, 3.63) is 47.4 Å². The van der Waals surface area contributed by atoms with Crippen LogP contribution in [0.3, 0.4) is 0 Å². The van der Waals surface area contributed by atoms with Crippen LogP contribution >= 0.6 is 0 Å². The maximum absolute atomic E-state index is 12.7. The van der Waals surface area contributed by atoms with Crippen molar-refractivity contribution in [2.24, 2.45) is 5.92 Å². The summed E-state index contributed by atoms with van der Waals surface area (Å²) >= 11 is 0. The van der Waals surface area contributed by atoms with E-state index in [-0.39, 0.29) is 17.2 Å². The van der Waals surface area contributed by atoms with Crippen molar-refractivity contribution in [2.75, 3.05) is 19.6 Å². The number of piperidine rings is 1. The molecule has 2 heterocycles. The van der Waals surface area contributed by atoms with E-state index in [1.807, 2.05) is 0 Å². The van der Waals surface area contributed by atoms with Gasteiger partial charge in [0.25, 0.3) is 0 Å². The Morgan fingerprint density at radius 2 is 2.00 bits per heavy atom. The van der Waals surface area contributed by atoms with Crippen LogP contribution < -0.4 is 5.32 Å². The predicted octanol–water partition coefficient (Wildman–Crippen LogP) is 5.25. The number of rotatable bonds is 7. The molecule has 0 bridgehead atoms. The zero-order chi connectivity index (χ0) is 23.3. The summed E-state index contributed by atoms with van der Waals surface area (Å²) < 4.78 is 5.54. The Morgan fingerprint density at radius 3 is 2.73 bits per heavy atom. The van der Waals surface area contributed by atoms with Gasteiger partial charge in [-0.05, 0) is 62.5 Å². The molecule has 1 atom stereocenters. The summed E-state index contributed by atoms with van der Waals surface area (Å²) in [6.07, 6.45) is 10.3. The molecule has 178 valence electrons. The lowest BCUT2D eigenvalue weighted by molar-refractivity contribution is -0.126. The third-order valence-corrected chi connectivity index (χ3v) is 6.84. The Bertz CT molecular complexity index is 955. The van der Waals surface area contributed by atoms with Crippen LogP contribution in [0.25, 0.3) is 11.4 Å². The molecule has 1 unspecified atom stereocenters. The summed E-state index contributed by atoms with van der Waals surface area (Å²) in [5.74, 6) is 1.44. The van der Waals surface area contributed by atoms with Gasteiger partial charge in [0, 0.05) is 18.7 Å². The molecule has 2 aliphatic rings. The van der Waals surface area contributed by atoms with Crippen molar-refractivity contribution < 1.29 is 9.32 Å². The first-order chi connectivity index (χ1) is 15.9. The lowest BCUT2D eigenvalue weighted by atomic mass is 9.87. The van der Waals surface area contributed by atoms with Gasteiger partial charge in [0.05, 0.1) is 12.5 Å². The van der Waals surface area contributed by atoms with Gasteiger partial charge < -0.3 is 9.84 Å². The molecule has 1 aromatic carbocycles. The minimum Gasteiger partial charge on any atom is -0.356 e. The van der Waals surface area contributed by atoms with Gasteiger partial charge in [-0.2, -0.15) is 4.98 Å². The van der Waals surface area contributed by atoms with Gasteiger partial charge in [0.2, 0.25) is 17.6 Å². The summed E-state index contributed by atoms with van der Waals surface area (Å²) in [6.45, 7) is 9.64. The average molecular weight is 451 g/mol. The maximum atomic E-state index is 12.7. The van der Waals surface area contributed by atoms with E-state index >= 15 is 0 Å². The number of nitrogens with zero attached hydrogens (tertiary/aromatic N) is 3. The number of aromatic nitrogens is 2. The second-order valence-electron chi connectivity index (χ2n) is 10.6. The Balaban J connectivity index is 1.27. The van der Waals surface area contributed by atoms with Crippen LogP contribution in [0.2, 0.25) is 0 Å². The molecule has 1 aliphatic heterocycles. The van der Waals surface area contributed by atoms with E-state index in [1.165, 1.54) is 36.8 Å². The number of hydrogen-bond donors (Lipinski definition) is 1. The van der Waals surface area contributed by atoms with Crippen LogP contribution in [0.5, 0.6) is 0 Å². The van der Waals surface area contributed by atoms with Crippen molar-refractivity contribution in [3.8, 4) is 11.4 Å². The number of likely N-dealkylation sites (tertiary alicyclic amines) is 1. The highest BCUT2D eigenvalue weighted by atomic mass is 16.5. The highest BCUT2D eigenvalue weighted by Crippen LogP contribution is 2.26. The molecule has 0 saturated carbocycles. The standard InChI is InChI=1S/C27H38N4O2/c1-27(2,3)23-13-11-21(12-14-23)25-29-24(33-30-25)19-31-17-7-10-22(18-31)26(32)28-16-15-20-8-5-4-6-9-20/h8,11-14,22H,4-7,9-10,15-19H2,1-3H3,(H,28,32). The first kappa shape index (κ1) is 23.7. The molecular weight excluding hydrogens is 412 g/mol. The van der Waals surface area contributed by atoms with Gasteiger partial charge in [0.1, 0.15) is 0 Å². The first-order valence-electron chi connectivity index (χ1n) is 12.5. The molecule has 1 aliphatic carbocycles. The van der Waals surface area contributed by atoms with Crippen LogP contribution in [0, 0.1) is 5.92 Å². The van der Waals surface area contributed by atoms with Crippen molar-refractivity contribution in [1.29, 1.82) is 0 Å². The van der Waals surface area contributed by atoms with E-state index < -0.39 is 0 Å². The summed E-state index contributed by atoms with van der Waals surface area (Å²) in [4.78, 5) is 19.6. The molecule has 1 saturated heterocycles. The van der Waals surface area contributed by atoms with E-state index in [1.54, 1.807) is 0 Å². The third-order valence-electron chi connectivity index (χ3n) is 6.84. The smallest absolute Gasteiger partial charge is 0.241 e. The number of carbonyl (C=O) groups excluding carboxylic acids is 1. The quantitative estimate of drug-likeness (QED) is 0.583. The minimum atomic E-state index is 0.0337. The monoisotopic (exact) mass is 450 g/mol.